The lowest BCUT2D eigenvalue weighted by Gasteiger charge is -2.30. The van der Waals surface area contributed by atoms with Crippen molar-refractivity contribution in [3.63, 3.8) is 0 Å². The minimum Gasteiger partial charge on any atom is -0.282 e. The number of nitrogens with zero attached hydrogens (tertiary/aromatic N) is 4. The molecule has 1 aliphatic heterocycles. The first kappa shape index (κ1) is 18.2. The van der Waals surface area contributed by atoms with Crippen molar-refractivity contribution < 1.29 is 8.42 Å². The molecule has 2 aromatic rings. The van der Waals surface area contributed by atoms with Gasteiger partial charge in [-0.2, -0.15) is 5.10 Å². The standard InChI is InChI=1S/C16H21ClN4O3S/c1-19-15(13-7-5-9-20(10-13)25(2,23)24)18-21(16(19)22)11-12-6-3-4-8-14(12)17/h3-4,6,8,13H,5,7,9-11H2,1-2H3. The summed E-state index contributed by atoms with van der Waals surface area (Å²) in [5.74, 6) is 0.527. The van der Waals surface area contributed by atoms with Crippen LogP contribution in [0, 0.1) is 0 Å². The predicted octanol–water partition coefficient (Wildman–Crippen LogP) is 1.42. The van der Waals surface area contributed by atoms with Gasteiger partial charge in [-0.05, 0) is 24.5 Å². The lowest BCUT2D eigenvalue weighted by molar-refractivity contribution is 0.307. The summed E-state index contributed by atoms with van der Waals surface area (Å²) in [5, 5.41) is 5.06. The van der Waals surface area contributed by atoms with E-state index in [0.29, 0.717) is 23.9 Å². The average Bonchev–Trinajstić information content (AvgIpc) is 2.85. The minimum absolute atomic E-state index is 0.0892. The van der Waals surface area contributed by atoms with Gasteiger partial charge in [-0.25, -0.2) is 22.2 Å². The molecule has 0 radical (unpaired) electrons. The van der Waals surface area contributed by atoms with Crippen molar-refractivity contribution in [1.29, 1.82) is 0 Å². The second-order valence-corrected chi connectivity index (χ2v) is 8.80. The fourth-order valence-electron chi connectivity index (χ4n) is 3.21. The maximum Gasteiger partial charge on any atom is 0.345 e. The van der Waals surface area contributed by atoms with E-state index < -0.39 is 10.0 Å². The van der Waals surface area contributed by atoms with Gasteiger partial charge in [-0.15, -0.1) is 0 Å². The lowest BCUT2D eigenvalue weighted by atomic mass is 9.99. The van der Waals surface area contributed by atoms with Gasteiger partial charge in [-0.3, -0.25) is 4.57 Å². The first-order chi connectivity index (χ1) is 11.8. The third kappa shape index (κ3) is 3.80. The van der Waals surface area contributed by atoms with Crippen LogP contribution in [0.5, 0.6) is 0 Å². The lowest BCUT2D eigenvalue weighted by Crippen LogP contribution is -2.39. The number of hydrogen-bond acceptors (Lipinski definition) is 4. The molecule has 2 heterocycles. The van der Waals surface area contributed by atoms with Gasteiger partial charge in [0.25, 0.3) is 0 Å². The Hall–Kier alpha value is -1.64. The van der Waals surface area contributed by atoms with Crippen LogP contribution in [0.3, 0.4) is 0 Å². The maximum atomic E-state index is 12.5. The summed E-state index contributed by atoms with van der Waals surface area (Å²) in [5.41, 5.74) is 0.587. The Kier molecular flexibility index (Phi) is 5.04. The van der Waals surface area contributed by atoms with Crippen molar-refractivity contribution >= 4 is 21.6 Å². The van der Waals surface area contributed by atoms with Gasteiger partial charge in [0.15, 0.2) is 0 Å². The van der Waals surface area contributed by atoms with Crippen LogP contribution in [0.4, 0.5) is 0 Å². The highest BCUT2D eigenvalue weighted by molar-refractivity contribution is 7.88. The van der Waals surface area contributed by atoms with Crippen molar-refractivity contribution in [1.82, 2.24) is 18.7 Å². The smallest absolute Gasteiger partial charge is 0.282 e. The van der Waals surface area contributed by atoms with Crippen molar-refractivity contribution in [2.75, 3.05) is 19.3 Å². The van der Waals surface area contributed by atoms with E-state index in [1.807, 2.05) is 18.2 Å². The monoisotopic (exact) mass is 384 g/mol. The van der Waals surface area contributed by atoms with Crippen LogP contribution in [-0.2, 0) is 23.6 Å². The van der Waals surface area contributed by atoms with E-state index in [2.05, 4.69) is 5.10 Å². The predicted molar refractivity (Wildman–Crippen MR) is 96.4 cm³/mol. The van der Waals surface area contributed by atoms with Crippen LogP contribution >= 0.6 is 11.6 Å². The summed E-state index contributed by atoms with van der Waals surface area (Å²) in [7, 11) is -1.57. The Morgan fingerprint density at radius 1 is 1.32 bits per heavy atom. The highest BCUT2D eigenvalue weighted by Gasteiger charge is 2.30. The zero-order chi connectivity index (χ0) is 18.2. The first-order valence-electron chi connectivity index (χ1n) is 8.09. The number of sulfonamides is 1. The van der Waals surface area contributed by atoms with Gasteiger partial charge in [0.2, 0.25) is 10.0 Å². The molecule has 25 heavy (non-hydrogen) atoms. The van der Waals surface area contributed by atoms with Gasteiger partial charge in [-0.1, -0.05) is 29.8 Å². The van der Waals surface area contributed by atoms with Crippen LogP contribution in [0.15, 0.2) is 29.1 Å². The van der Waals surface area contributed by atoms with E-state index in [1.54, 1.807) is 13.1 Å². The van der Waals surface area contributed by atoms with Gasteiger partial charge in [0.1, 0.15) is 5.82 Å². The average molecular weight is 385 g/mol. The van der Waals surface area contributed by atoms with Crippen molar-refractivity contribution in [2.45, 2.75) is 25.3 Å². The molecule has 0 amide bonds. The normalized spacial score (nSPS) is 19.2. The van der Waals surface area contributed by atoms with Crippen molar-refractivity contribution in [2.24, 2.45) is 7.05 Å². The molecular formula is C16H21ClN4O3S. The first-order valence-corrected chi connectivity index (χ1v) is 10.3. The van der Waals surface area contributed by atoms with E-state index in [-0.39, 0.29) is 18.2 Å². The number of piperidine rings is 1. The molecule has 7 nitrogen and oxygen atoms in total. The molecule has 1 aromatic heterocycles. The minimum atomic E-state index is -3.24. The van der Waals surface area contributed by atoms with E-state index in [9.17, 15) is 13.2 Å². The van der Waals surface area contributed by atoms with E-state index in [1.165, 1.54) is 19.8 Å². The summed E-state index contributed by atoms with van der Waals surface area (Å²) >= 11 is 6.17. The highest BCUT2D eigenvalue weighted by atomic mass is 35.5. The summed E-state index contributed by atoms with van der Waals surface area (Å²) in [4.78, 5) is 12.5. The van der Waals surface area contributed by atoms with Crippen LogP contribution in [0.1, 0.15) is 30.1 Å². The fraction of sp³-hybridized carbons (Fsp3) is 0.500. The molecular weight excluding hydrogens is 364 g/mol. The van der Waals surface area contributed by atoms with E-state index >= 15 is 0 Å². The molecule has 1 unspecified atom stereocenters. The fourth-order valence-corrected chi connectivity index (χ4v) is 4.31. The quantitative estimate of drug-likeness (QED) is 0.798. The number of benzene rings is 1. The molecule has 1 atom stereocenters. The van der Waals surface area contributed by atoms with Crippen molar-refractivity contribution in [3.05, 3.63) is 51.2 Å². The van der Waals surface area contributed by atoms with Gasteiger partial charge < -0.3 is 0 Å². The molecule has 3 rings (SSSR count). The topological polar surface area (TPSA) is 77.2 Å². The summed E-state index contributed by atoms with van der Waals surface area (Å²) < 4.78 is 28.0. The summed E-state index contributed by atoms with van der Waals surface area (Å²) in [6, 6.07) is 7.33. The van der Waals surface area contributed by atoms with E-state index in [0.717, 1.165) is 18.4 Å². The van der Waals surface area contributed by atoms with Crippen LogP contribution in [0.25, 0.3) is 0 Å². The molecule has 1 fully saturated rings. The molecule has 0 aliphatic carbocycles. The summed E-state index contributed by atoms with van der Waals surface area (Å²) in [6.07, 6.45) is 2.77. The molecule has 0 saturated carbocycles. The third-order valence-electron chi connectivity index (χ3n) is 4.57. The Morgan fingerprint density at radius 3 is 2.72 bits per heavy atom. The van der Waals surface area contributed by atoms with E-state index in [4.69, 9.17) is 11.6 Å². The molecule has 0 bridgehead atoms. The van der Waals surface area contributed by atoms with Crippen LogP contribution < -0.4 is 5.69 Å². The third-order valence-corrected chi connectivity index (χ3v) is 6.21. The van der Waals surface area contributed by atoms with Crippen molar-refractivity contribution in [3.8, 4) is 0 Å². The molecule has 9 heteroatoms. The molecule has 1 aliphatic rings. The van der Waals surface area contributed by atoms with Crippen LogP contribution in [-0.4, -0.2) is 46.4 Å². The zero-order valence-corrected chi connectivity index (χ0v) is 15.8. The number of rotatable bonds is 4. The molecule has 0 spiro atoms. The Labute approximate surface area is 151 Å². The molecule has 1 saturated heterocycles. The largest absolute Gasteiger partial charge is 0.345 e. The Morgan fingerprint density at radius 2 is 2.04 bits per heavy atom. The molecule has 0 N–H and O–H groups in total. The molecule has 136 valence electrons. The number of hydrogen-bond donors (Lipinski definition) is 0. The zero-order valence-electron chi connectivity index (χ0n) is 14.2. The number of aromatic nitrogens is 3. The van der Waals surface area contributed by atoms with Crippen LogP contribution in [0.2, 0.25) is 5.02 Å². The van der Waals surface area contributed by atoms with Gasteiger partial charge >= 0.3 is 5.69 Å². The highest BCUT2D eigenvalue weighted by Crippen LogP contribution is 2.26. The summed E-state index contributed by atoms with van der Waals surface area (Å²) in [6.45, 7) is 1.16. The van der Waals surface area contributed by atoms with Gasteiger partial charge in [0.05, 0.1) is 12.8 Å². The Balaban J connectivity index is 1.89. The Bertz CT molecular complexity index is 935. The second-order valence-electron chi connectivity index (χ2n) is 6.41. The maximum absolute atomic E-state index is 12.5. The number of halogens is 1. The SMILES string of the molecule is Cn1c(C2CCCN(S(C)(=O)=O)C2)nn(Cc2ccccc2Cl)c1=O. The van der Waals surface area contributed by atoms with Gasteiger partial charge in [0, 0.05) is 31.1 Å². The molecule has 1 aromatic carbocycles. The second kappa shape index (κ2) is 6.93.